The fourth-order valence-corrected chi connectivity index (χ4v) is 4.08. The number of anilines is 1. The molecule has 3 rings (SSSR count). The van der Waals surface area contributed by atoms with Crippen molar-refractivity contribution in [2.24, 2.45) is 7.05 Å². The molecule has 10 nitrogen and oxygen atoms in total. The van der Waals surface area contributed by atoms with E-state index in [-0.39, 0.29) is 24.4 Å². The van der Waals surface area contributed by atoms with Crippen molar-refractivity contribution in [1.82, 2.24) is 24.5 Å². The number of aromatic nitrogens is 2. The lowest BCUT2D eigenvalue weighted by molar-refractivity contribution is -0.135. The summed E-state index contributed by atoms with van der Waals surface area (Å²) >= 11 is 0. The lowest BCUT2D eigenvalue weighted by atomic mass is 10.0. The van der Waals surface area contributed by atoms with Gasteiger partial charge in [-0.3, -0.25) is 24.1 Å². The summed E-state index contributed by atoms with van der Waals surface area (Å²) in [6.45, 7) is 4.98. The van der Waals surface area contributed by atoms with Crippen LogP contribution in [0.3, 0.4) is 0 Å². The van der Waals surface area contributed by atoms with E-state index in [1.165, 1.54) is 19.1 Å². The fourth-order valence-electron chi connectivity index (χ4n) is 4.08. The fraction of sp³-hybridized carbons (Fsp3) is 0.684. The van der Waals surface area contributed by atoms with Crippen molar-refractivity contribution in [1.29, 1.82) is 0 Å². The van der Waals surface area contributed by atoms with E-state index in [0.29, 0.717) is 32.7 Å². The maximum absolute atomic E-state index is 13.2. The van der Waals surface area contributed by atoms with E-state index < -0.39 is 6.09 Å². The van der Waals surface area contributed by atoms with Crippen LogP contribution >= 0.6 is 0 Å². The predicted octanol–water partition coefficient (Wildman–Crippen LogP) is 0.0663. The molecule has 0 aliphatic carbocycles. The third-order valence-corrected chi connectivity index (χ3v) is 5.63. The van der Waals surface area contributed by atoms with Gasteiger partial charge in [-0.05, 0) is 19.8 Å². The zero-order valence-electron chi connectivity index (χ0n) is 17.6. The van der Waals surface area contributed by atoms with Crippen molar-refractivity contribution in [3.8, 4) is 0 Å². The van der Waals surface area contributed by atoms with Crippen LogP contribution in [-0.2, 0) is 21.4 Å². The first-order chi connectivity index (χ1) is 13.8. The van der Waals surface area contributed by atoms with Gasteiger partial charge in [0, 0.05) is 52.9 Å². The van der Waals surface area contributed by atoms with Gasteiger partial charge in [0.2, 0.25) is 11.8 Å². The first-order valence-electron chi connectivity index (χ1n) is 9.94. The van der Waals surface area contributed by atoms with Crippen LogP contribution < -0.4 is 4.90 Å². The molecule has 1 atom stereocenters. The van der Waals surface area contributed by atoms with E-state index in [0.717, 1.165) is 24.4 Å². The topological polar surface area (TPSA) is 91.2 Å². The molecule has 0 radical (unpaired) electrons. The number of hydrogen-bond donors (Lipinski definition) is 0. The number of amides is 3. The van der Waals surface area contributed by atoms with Gasteiger partial charge in [0.05, 0.1) is 18.8 Å². The highest BCUT2D eigenvalue weighted by molar-refractivity contribution is 5.97. The van der Waals surface area contributed by atoms with E-state index in [1.807, 2.05) is 24.9 Å². The van der Waals surface area contributed by atoms with Crippen LogP contribution in [0.1, 0.15) is 18.5 Å². The Balaban J connectivity index is 1.57. The average molecular weight is 406 g/mol. The molecule has 1 aromatic heterocycles. The Morgan fingerprint density at radius 1 is 1.24 bits per heavy atom. The van der Waals surface area contributed by atoms with E-state index in [9.17, 15) is 14.4 Å². The summed E-state index contributed by atoms with van der Waals surface area (Å²) in [6.07, 6.45) is 1.23. The Morgan fingerprint density at radius 2 is 1.93 bits per heavy atom. The van der Waals surface area contributed by atoms with Crippen LogP contribution in [-0.4, -0.2) is 102 Å². The van der Waals surface area contributed by atoms with Crippen molar-refractivity contribution < 1.29 is 19.1 Å². The monoisotopic (exact) mass is 406 g/mol. The molecule has 2 fully saturated rings. The number of aryl methyl sites for hydroxylation is 2. The van der Waals surface area contributed by atoms with Gasteiger partial charge in [-0.15, -0.1) is 0 Å². The Kier molecular flexibility index (Phi) is 6.41. The molecule has 2 saturated heterocycles. The molecule has 0 unspecified atom stereocenters. The quantitative estimate of drug-likeness (QED) is 0.703. The largest absolute Gasteiger partial charge is 0.453 e. The van der Waals surface area contributed by atoms with E-state index >= 15 is 0 Å². The van der Waals surface area contributed by atoms with Gasteiger partial charge >= 0.3 is 6.09 Å². The summed E-state index contributed by atoms with van der Waals surface area (Å²) in [5.41, 5.74) is 0.890. The van der Waals surface area contributed by atoms with Crippen LogP contribution in [0.4, 0.5) is 10.6 Å². The van der Waals surface area contributed by atoms with E-state index in [4.69, 9.17) is 0 Å². The van der Waals surface area contributed by atoms with Crippen LogP contribution in [0.2, 0.25) is 0 Å². The molecule has 0 aromatic carbocycles. The lowest BCUT2D eigenvalue weighted by Gasteiger charge is -2.42. The maximum atomic E-state index is 13.2. The number of carbonyl (C=O) groups is 3. The van der Waals surface area contributed by atoms with Crippen LogP contribution in [0.25, 0.3) is 0 Å². The molecule has 29 heavy (non-hydrogen) atoms. The van der Waals surface area contributed by atoms with Gasteiger partial charge in [-0.25, -0.2) is 4.79 Å². The summed E-state index contributed by atoms with van der Waals surface area (Å²) in [4.78, 5) is 44.1. The normalized spacial score (nSPS) is 20.7. The minimum Gasteiger partial charge on any atom is -0.453 e. The Bertz CT molecular complexity index is 771. The summed E-state index contributed by atoms with van der Waals surface area (Å²) in [5, 5.41) is 4.36. The standard InChI is InChI=1S/C19H30N6O4/c1-14-12-16(22(3)20-14)25-7-5-6-15(18(25)27)23-8-10-24(11-9-23)17(26)13-21(2)19(28)29-4/h12,15H,5-11,13H2,1-4H3/t15-/m0/s1. The molecule has 3 heterocycles. The lowest BCUT2D eigenvalue weighted by Crippen LogP contribution is -2.59. The van der Waals surface area contributed by atoms with Crippen molar-refractivity contribution in [3.05, 3.63) is 11.8 Å². The average Bonchev–Trinajstić information content (AvgIpc) is 3.05. The number of piperidine rings is 1. The summed E-state index contributed by atoms with van der Waals surface area (Å²) < 4.78 is 6.38. The third kappa shape index (κ3) is 4.52. The molecule has 2 aliphatic heterocycles. The molecule has 1 aromatic rings. The second-order valence-corrected chi connectivity index (χ2v) is 7.66. The maximum Gasteiger partial charge on any atom is 0.409 e. The minimum absolute atomic E-state index is 0.0113. The molecule has 160 valence electrons. The van der Waals surface area contributed by atoms with Gasteiger partial charge in [0.25, 0.3) is 0 Å². The van der Waals surface area contributed by atoms with Gasteiger partial charge in [0.15, 0.2) is 0 Å². The summed E-state index contributed by atoms with van der Waals surface area (Å²) in [5.74, 6) is 0.820. The first-order valence-corrected chi connectivity index (χ1v) is 9.94. The summed E-state index contributed by atoms with van der Waals surface area (Å²) in [6, 6.07) is 1.77. The highest BCUT2D eigenvalue weighted by atomic mass is 16.5. The van der Waals surface area contributed by atoms with Crippen LogP contribution in [0.5, 0.6) is 0 Å². The third-order valence-electron chi connectivity index (χ3n) is 5.63. The molecule has 0 saturated carbocycles. The first kappa shape index (κ1) is 21.1. The number of methoxy groups -OCH3 is 1. The second kappa shape index (κ2) is 8.81. The van der Waals surface area contributed by atoms with Crippen molar-refractivity contribution in [2.45, 2.75) is 25.8 Å². The van der Waals surface area contributed by atoms with Crippen LogP contribution in [0, 0.1) is 6.92 Å². The summed E-state index contributed by atoms with van der Waals surface area (Å²) in [7, 11) is 4.68. The van der Waals surface area contributed by atoms with E-state index in [1.54, 1.807) is 9.58 Å². The number of carbonyl (C=O) groups excluding carboxylic acids is 3. The van der Waals surface area contributed by atoms with Crippen molar-refractivity contribution >= 4 is 23.7 Å². The van der Waals surface area contributed by atoms with Gasteiger partial charge in [-0.2, -0.15) is 5.10 Å². The van der Waals surface area contributed by atoms with E-state index in [2.05, 4.69) is 14.7 Å². The highest BCUT2D eigenvalue weighted by Gasteiger charge is 2.37. The highest BCUT2D eigenvalue weighted by Crippen LogP contribution is 2.25. The molecular formula is C19H30N6O4. The van der Waals surface area contributed by atoms with Crippen molar-refractivity contribution in [2.75, 3.05) is 58.3 Å². The number of nitrogens with zero attached hydrogens (tertiary/aromatic N) is 6. The van der Waals surface area contributed by atoms with Crippen LogP contribution in [0.15, 0.2) is 6.07 Å². The number of ether oxygens (including phenoxy) is 1. The van der Waals surface area contributed by atoms with Gasteiger partial charge in [0.1, 0.15) is 12.4 Å². The Hall–Kier alpha value is -2.62. The molecule has 0 bridgehead atoms. The zero-order chi connectivity index (χ0) is 21.1. The molecular weight excluding hydrogens is 376 g/mol. The number of hydrogen-bond acceptors (Lipinski definition) is 6. The van der Waals surface area contributed by atoms with Gasteiger partial charge in [-0.1, -0.05) is 0 Å². The molecule has 10 heteroatoms. The SMILES string of the molecule is COC(=O)N(C)CC(=O)N1CCN([C@H]2CCCN(c3cc(C)nn3C)C2=O)CC1. The smallest absolute Gasteiger partial charge is 0.409 e. The number of likely N-dealkylation sites (N-methyl/N-ethyl adjacent to an activating group) is 1. The number of piperazine rings is 1. The predicted molar refractivity (Wildman–Crippen MR) is 107 cm³/mol. The molecule has 3 amide bonds. The van der Waals surface area contributed by atoms with Gasteiger partial charge < -0.3 is 14.5 Å². The second-order valence-electron chi connectivity index (χ2n) is 7.66. The Morgan fingerprint density at radius 3 is 2.52 bits per heavy atom. The molecule has 0 spiro atoms. The van der Waals surface area contributed by atoms with Crippen molar-refractivity contribution in [3.63, 3.8) is 0 Å². The minimum atomic E-state index is -0.532. The molecule has 0 N–H and O–H groups in total. The molecule has 2 aliphatic rings. The number of rotatable bonds is 4. The zero-order valence-corrected chi connectivity index (χ0v) is 17.6. The Labute approximate surface area is 171 Å².